The molecule has 1 N–H and O–H groups in total. The Morgan fingerprint density at radius 2 is 1.73 bits per heavy atom. The van der Waals surface area contributed by atoms with E-state index in [4.69, 9.17) is 10.00 Å². The highest BCUT2D eigenvalue weighted by atomic mass is 19.4. The first kappa shape index (κ1) is 19.0. The molecular formula is C18H13F3N2O3. The smallest absolute Gasteiger partial charge is 0.416 e. The number of nitrogens with zero attached hydrogens (tertiary/aromatic N) is 1. The van der Waals surface area contributed by atoms with Gasteiger partial charge in [0.25, 0.3) is 0 Å². The maximum atomic E-state index is 12.9. The van der Waals surface area contributed by atoms with E-state index in [2.05, 4.69) is 5.32 Å². The van der Waals surface area contributed by atoms with E-state index in [-0.39, 0.29) is 17.5 Å². The molecule has 1 amide bonds. The second kappa shape index (κ2) is 8.16. The molecule has 0 radical (unpaired) electrons. The van der Waals surface area contributed by atoms with E-state index in [1.165, 1.54) is 42.5 Å². The number of carbonyl (C=O) groups excluding carboxylic acids is 2. The molecular weight excluding hydrogens is 349 g/mol. The van der Waals surface area contributed by atoms with Crippen molar-refractivity contribution in [3.63, 3.8) is 0 Å². The van der Waals surface area contributed by atoms with Crippen molar-refractivity contribution >= 4 is 17.6 Å². The Morgan fingerprint density at radius 1 is 1.08 bits per heavy atom. The Balaban J connectivity index is 2.01. The fraction of sp³-hybridized carbons (Fsp3) is 0.167. The van der Waals surface area contributed by atoms with Crippen LogP contribution in [0, 0.1) is 11.3 Å². The minimum atomic E-state index is -4.54. The molecule has 134 valence electrons. The van der Waals surface area contributed by atoms with Crippen LogP contribution in [0.15, 0.2) is 48.5 Å². The molecule has 0 bridgehead atoms. The number of anilines is 1. The van der Waals surface area contributed by atoms with Crippen LogP contribution in [0.5, 0.6) is 0 Å². The highest BCUT2D eigenvalue weighted by Crippen LogP contribution is 2.32. The maximum absolute atomic E-state index is 12.9. The molecule has 8 heteroatoms. The zero-order valence-electron chi connectivity index (χ0n) is 13.3. The van der Waals surface area contributed by atoms with Gasteiger partial charge < -0.3 is 10.1 Å². The number of amides is 1. The minimum Gasteiger partial charge on any atom is -0.457 e. The van der Waals surface area contributed by atoms with Crippen molar-refractivity contribution in [1.29, 1.82) is 5.26 Å². The Kier molecular flexibility index (Phi) is 5.96. The quantitative estimate of drug-likeness (QED) is 0.818. The van der Waals surface area contributed by atoms with Gasteiger partial charge in [0, 0.05) is 11.3 Å². The topological polar surface area (TPSA) is 79.2 Å². The number of rotatable bonds is 5. The summed E-state index contributed by atoms with van der Waals surface area (Å²) >= 11 is 0. The number of halogens is 3. The Bertz CT molecular complexity index is 840. The van der Waals surface area contributed by atoms with Gasteiger partial charge in [-0.15, -0.1) is 0 Å². The summed E-state index contributed by atoms with van der Waals surface area (Å²) in [6.07, 6.45) is -4.84. The fourth-order valence-electron chi connectivity index (χ4n) is 2.12. The first-order valence-electron chi connectivity index (χ1n) is 7.40. The molecule has 0 aliphatic carbocycles. The maximum Gasteiger partial charge on any atom is 0.416 e. The average molecular weight is 362 g/mol. The van der Waals surface area contributed by atoms with Crippen molar-refractivity contribution in [1.82, 2.24) is 0 Å². The molecule has 0 unspecified atom stereocenters. The largest absolute Gasteiger partial charge is 0.457 e. The van der Waals surface area contributed by atoms with Crippen molar-refractivity contribution in [3.8, 4) is 6.07 Å². The molecule has 26 heavy (non-hydrogen) atoms. The van der Waals surface area contributed by atoms with Crippen molar-refractivity contribution in [2.24, 2.45) is 0 Å². The molecule has 0 aliphatic heterocycles. The van der Waals surface area contributed by atoms with Crippen LogP contribution in [0.2, 0.25) is 0 Å². The normalized spacial score (nSPS) is 10.7. The van der Waals surface area contributed by atoms with E-state index < -0.39 is 30.2 Å². The highest BCUT2D eigenvalue weighted by Gasteiger charge is 2.33. The van der Waals surface area contributed by atoms with E-state index in [9.17, 15) is 22.8 Å². The van der Waals surface area contributed by atoms with Crippen molar-refractivity contribution in [3.05, 3.63) is 65.2 Å². The second-order valence-corrected chi connectivity index (χ2v) is 5.19. The third-order valence-electron chi connectivity index (χ3n) is 3.33. The number of nitriles is 1. The Hall–Kier alpha value is -3.34. The van der Waals surface area contributed by atoms with Gasteiger partial charge in [0.1, 0.15) is 13.0 Å². The zero-order chi connectivity index (χ0) is 19.2. The van der Waals surface area contributed by atoms with E-state index in [0.717, 1.165) is 6.07 Å². The van der Waals surface area contributed by atoms with Crippen molar-refractivity contribution < 1.29 is 27.5 Å². The van der Waals surface area contributed by atoms with Crippen LogP contribution < -0.4 is 5.32 Å². The lowest BCUT2D eigenvalue weighted by Crippen LogP contribution is -2.12. The highest BCUT2D eigenvalue weighted by molar-refractivity contribution is 5.93. The lowest BCUT2D eigenvalue weighted by molar-refractivity contribution is -0.138. The van der Waals surface area contributed by atoms with Gasteiger partial charge in [-0.25, -0.2) is 4.79 Å². The summed E-state index contributed by atoms with van der Waals surface area (Å²) in [6, 6.07) is 12.1. The Morgan fingerprint density at radius 3 is 2.35 bits per heavy atom. The minimum absolute atomic E-state index is 0.118. The van der Waals surface area contributed by atoms with Crippen molar-refractivity contribution in [2.45, 2.75) is 19.2 Å². The summed E-state index contributed by atoms with van der Waals surface area (Å²) in [5, 5.41) is 10.9. The lowest BCUT2D eigenvalue weighted by Gasteiger charge is -2.13. The zero-order valence-corrected chi connectivity index (χ0v) is 13.3. The van der Waals surface area contributed by atoms with E-state index >= 15 is 0 Å². The molecule has 2 aromatic carbocycles. The monoisotopic (exact) mass is 362 g/mol. The van der Waals surface area contributed by atoms with Gasteiger partial charge in [-0.1, -0.05) is 18.2 Å². The molecule has 0 fully saturated rings. The fourth-order valence-corrected chi connectivity index (χ4v) is 2.12. The summed E-state index contributed by atoms with van der Waals surface area (Å²) in [6.45, 7) is -0.519. The van der Waals surface area contributed by atoms with Crippen LogP contribution >= 0.6 is 0 Å². The van der Waals surface area contributed by atoms with E-state index in [1.54, 1.807) is 6.07 Å². The van der Waals surface area contributed by atoms with Crippen LogP contribution in [-0.4, -0.2) is 11.9 Å². The number of ether oxygens (including phenoxy) is 1. The van der Waals surface area contributed by atoms with Gasteiger partial charge >= 0.3 is 12.1 Å². The second-order valence-electron chi connectivity index (χ2n) is 5.19. The van der Waals surface area contributed by atoms with Gasteiger partial charge in [0.2, 0.25) is 5.91 Å². The third kappa shape index (κ3) is 5.08. The molecule has 0 saturated heterocycles. The number of hydrogen-bond donors (Lipinski definition) is 1. The van der Waals surface area contributed by atoms with Crippen LogP contribution in [0.3, 0.4) is 0 Å². The van der Waals surface area contributed by atoms with Gasteiger partial charge in [-0.05, 0) is 30.3 Å². The standard InChI is InChI=1S/C18H13F3N2O3/c19-18(20,21)15-4-2-1-3-13(15)11-26-17(25)12-5-7-14(8-6-12)23-16(24)9-10-22/h1-8H,9,11H2,(H,23,24). The first-order valence-corrected chi connectivity index (χ1v) is 7.40. The molecule has 0 heterocycles. The first-order chi connectivity index (χ1) is 12.3. The predicted molar refractivity (Wildman–Crippen MR) is 85.9 cm³/mol. The number of hydrogen-bond acceptors (Lipinski definition) is 4. The number of carbonyl (C=O) groups is 2. The summed E-state index contributed by atoms with van der Waals surface area (Å²) in [5.41, 5.74) is -0.505. The van der Waals surface area contributed by atoms with Gasteiger partial charge in [0.05, 0.1) is 17.2 Å². The molecule has 2 aromatic rings. The van der Waals surface area contributed by atoms with E-state index in [0.29, 0.717) is 5.69 Å². The summed E-state index contributed by atoms with van der Waals surface area (Å²) in [5.74, 6) is -1.29. The van der Waals surface area contributed by atoms with Crippen molar-refractivity contribution in [2.75, 3.05) is 5.32 Å². The molecule has 0 aliphatic rings. The van der Waals surface area contributed by atoms with Gasteiger partial charge in [-0.3, -0.25) is 4.79 Å². The number of benzene rings is 2. The number of alkyl halides is 3. The lowest BCUT2D eigenvalue weighted by atomic mass is 10.1. The molecule has 2 rings (SSSR count). The summed E-state index contributed by atoms with van der Waals surface area (Å²) < 4.78 is 43.7. The predicted octanol–water partition coefficient (Wildman–Crippen LogP) is 3.91. The number of esters is 1. The molecule has 0 aromatic heterocycles. The third-order valence-corrected chi connectivity index (χ3v) is 3.33. The van der Waals surface area contributed by atoms with Crippen LogP contribution in [0.4, 0.5) is 18.9 Å². The Labute approximate surface area is 147 Å². The van der Waals surface area contributed by atoms with Crippen LogP contribution in [-0.2, 0) is 22.3 Å². The molecule has 0 spiro atoms. The van der Waals surface area contributed by atoms with E-state index in [1.807, 2.05) is 0 Å². The van der Waals surface area contributed by atoms with Gasteiger partial charge in [-0.2, -0.15) is 18.4 Å². The summed E-state index contributed by atoms with van der Waals surface area (Å²) in [7, 11) is 0. The summed E-state index contributed by atoms with van der Waals surface area (Å²) in [4.78, 5) is 23.3. The molecule has 0 saturated carbocycles. The van der Waals surface area contributed by atoms with Crippen LogP contribution in [0.25, 0.3) is 0 Å². The molecule has 0 atom stereocenters. The SMILES string of the molecule is N#CCC(=O)Nc1ccc(C(=O)OCc2ccccc2C(F)(F)F)cc1. The van der Waals surface area contributed by atoms with Crippen LogP contribution in [0.1, 0.15) is 27.9 Å². The average Bonchev–Trinajstić information content (AvgIpc) is 2.60. The number of nitrogens with one attached hydrogen (secondary N) is 1. The molecule has 5 nitrogen and oxygen atoms in total. The van der Waals surface area contributed by atoms with Gasteiger partial charge in [0.15, 0.2) is 0 Å².